The molecule has 29 heavy (non-hydrogen) atoms. The first kappa shape index (κ1) is 18.4. The van der Waals surface area contributed by atoms with Crippen molar-refractivity contribution in [3.63, 3.8) is 0 Å². The molecule has 1 N–H and O–H groups in total. The van der Waals surface area contributed by atoms with Crippen LogP contribution in [0.1, 0.15) is 5.56 Å². The van der Waals surface area contributed by atoms with E-state index >= 15 is 0 Å². The summed E-state index contributed by atoms with van der Waals surface area (Å²) in [6.07, 6.45) is 0. The molecule has 3 aromatic rings. The van der Waals surface area contributed by atoms with Crippen LogP contribution in [0.25, 0.3) is 11.4 Å². The quantitative estimate of drug-likeness (QED) is 0.648. The fourth-order valence-corrected chi connectivity index (χ4v) is 4.00. The summed E-state index contributed by atoms with van der Waals surface area (Å²) < 4.78 is 21.2. The van der Waals surface area contributed by atoms with E-state index in [4.69, 9.17) is 31.5 Å². The smallest absolute Gasteiger partial charge is 0.231 e. The van der Waals surface area contributed by atoms with Crippen molar-refractivity contribution < 1.29 is 19.1 Å². The Hall–Kier alpha value is -2.68. The van der Waals surface area contributed by atoms with Crippen LogP contribution in [-0.4, -0.2) is 47.4 Å². The Morgan fingerprint density at radius 2 is 1.79 bits per heavy atom. The SMILES string of the molecule is S=c1n(C[NH+]2CCOCC2)nc(-c2ccccc2)n1Cc1ccc2c(c1)OCO2. The van der Waals surface area contributed by atoms with Crippen molar-refractivity contribution >= 4 is 12.2 Å². The number of rotatable bonds is 5. The first-order chi connectivity index (χ1) is 14.3. The van der Waals surface area contributed by atoms with Gasteiger partial charge in [-0.05, 0) is 29.9 Å². The van der Waals surface area contributed by atoms with Crippen LogP contribution in [0, 0.1) is 4.77 Å². The minimum Gasteiger partial charge on any atom is -0.454 e. The number of fused-ring (bicyclic) bond motifs is 1. The van der Waals surface area contributed by atoms with Gasteiger partial charge in [-0.1, -0.05) is 36.4 Å². The zero-order valence-corrected chi connectivity index (χ0v) is 16.9. The van der Waals surface area contributed by atoms with Gasteiger partial charge in [-0.2, -0.15) is 4.68 Å². The third-order valence-electron chi connectivity index (χ3n) is 5.31. The van der Waals surface area contributed by atoms with E-state index in [1.807, 2.05) is 35.0 Å². The third kappa shape index (κ3) is 3.78. The number of ether oxygens (including phenoxy) is 3. The molecule has 1 aromatic heterocycles. The number of hydrogen-bond acceptors (Lipinski definition) is 5. The molecule has 0 unspecified atom stereocenters. The number of aromatic nitrogens is 3. The summed E-state index contributed by atoms with van der Waals surface area (Å²) in [5.74, 6) is 2.44. The summed E-state index contributed by atoms with van der Waals surface area (Å²) in [4.78, 5) is 1.43. The van der Waals surface area contributed by atoms with Gasteiger partial charge in [0, 0.05) is 5.56 Å². The number of benzene rings is 2. The average Bonchev–Trinajstić information content (AvgIpc) is 3.35. The molecule has 150 valence electrons. The van der Waals surface area contributed by atoms with Gasteiger partial charge in [-0.3, -0.25) is 4.57 Å². The molecule has 2 aromatic carbocycles. The molecule has 2 aliphatic heterocycles. The molecule has 1 saturated heterocycles. The van der Waals surface area contributed by atoms with Crippen LogP contribution < -0.4 is 14.4 Å². The lowest BCUT2D eigenvalue weighted by molar-refractivity contribution is -0.930. The van der Waals surface area contributed by atoms with Crippen LogP contribution in [0.5, 0.6) is 11.5 Å². The molecular weight excluding hydrogens is 388 g/mol. The van der Waals surface area contributed by atoms with Crippen molar-refractivity contribution in [2.75, 3.05) is 33.1 Å². The highest BCUT2D eigenvalue weighted by molar-refractivity contribution is 7.71. The molecule has 8 heteroatoms. The van der Waals surface area contributed by atoms with Gasteiger partial charge in [0.25, 0.3) is 0 Å². The maximum atomic E-state index is 5.84. The van der Waals surface area contributed by atoms with E-state index in [0.29, 0.717) is 6.54 Å². The fourth-order valence-electron chi connectivity index (χ4n) is 3.74. The minimum atomic E-state index is 0.272. The predicted octanol–water partition coefficient (Wildman–Crippen LogP) is 1.73. The molecule has 2 aliphatic rings. The highest BCUT2D eigenvalue weighted by Crippen LogP contribution is 2.33. The second-order valence-corrected chi connectivity index (χ2v) is 7.63. The molecule has 0 bridgehead atoms. The summed E-state index contributed by atoms with van der Waals surface area (Å²) >= 11 is 5.84. The van der Waals surface area contributed by atoms with Gasteiger partial charge in [0.05, 0.1) is 19.8 Å². The van der Waals surface area contributed by atoms with Crippen LogP contribution in [0.2, 0.25) is 0 Å². The molecule has 0 atom stereocenters. The number of nitrogens with one attached hydrogen (secondary N) is 1. The average molecular weight is 412 g/mol. The Labute approximate surface area is 174 Å². The van der Waals surface area contributed by atoms with E-state index in [0.717, 1.165) is 66.2 Å². The van der Waals surface area contributed by atoms with E-state index in [2.05, 4.69) is 22.8 Å². The van der Waals surface area contributed by atoms with Gasteiger partial charge in [-0.25, -0.2) is 0 Å². The van der Waals surface area contributed by atoms with Gasteiger partial charge in [0.15, 0.2) is 24.0 Å². The van der Waals surface area contributed by atoms with Crippen molar-refractivity contribution in [1.82, 2.24) is 14.3 Å². The Bertz CT molecular complexity index is 1060. The summed E-state index contributed by atoms with van der Waals surface area (Å²) in [6, 6.07) is 16.2. The fraction of sp³-hybridized carbons (Fsp3) is 0.333. The van der Waals surface area contributed by atoms with Crippen LogP contribution in [-0.2, 0) is 18.0 Å². The second-order valence-electron chi connectivity index (χ2n) is 7.27. The topological polar surface area (TPSA) is 54.9 Å². The maximum Gasteiger partial charge on any atom is 0.231 e. The van der Waals surface area contributed by atoms with E-state index in [1.54, 1.807) is 0 Å². The second kappa shape index (κ2) is 7.98. The van der Waals surface area contributed by atoms with Gasteiger partial charge >= 0.3 is 0 Å². The van der Waals surface area contributed by atoms with Crippen LogP contribution in [0.4, 0.5) is 0 Å². The highest BCUT2D eigenvalue weighted by Gasteiger charge is 2.20. The van der Waals surface area contributed by atoms with Crippen molar-refractivity contribution in [1.29, 1.82) is 0 Å². The van der Waals surface area contributed by atoms with Gasteiger partial charge < -0.3 is 19.1 Å². The summed E-state index contributed by atoms with van der Waals surface area (Å²) in [6.45, 7) is 5.15. The first-order valence-electron chi connectivity index (χ1n) is 9.81. The molecular formula is C21H23N4O3S+. The van der Waals surface area contributed by atoms with Gasteiger partial charge in [0.1, 0.15) is 13.1 Å². The molecule has 0 spiro atoms. The normalized spacial score (nSPS) is 16.3. The van der Waals surface area contributed by atoms with Gasteiger partial charge in [-0.15, -0.1) is 5.10 Å². The molecule has 7 nitrogen and oxygen atoms in total. The molecule has 0 aliphatic carbocycles. The molecule has 0 saturated carbocycles. The third-order valence-corrected chi connectivity index (χ3v) is 5.74. The zero-order chi connectivity index (χ0) is 19.6. The van der Waals surface area contributed by atoms with E-state index in [1.165, 1.54) is 4.90 Å². The lowest BCUT2D eigenvalue weighted by Gasteiger charge is -2.23. The van der Waals surface area contributed by atoms with Crippen molar-refractivity contribution in [2.45, 2.75) is 13.2 Å². The van der Waals surface area contributed by atoms with E-state index < -0.39 is 0 Å². The van der Waals surface area contributed by atoms with Crippen molar-refractivity contribution in [3.05, 3.63) is 58.9 Å². The molecule has 3 heterocycles. The molecule has 0 amide bonds. The van der Waals surface area contributed by atoms with E-state index in [-0.39, 0.29) is 6.79 Å². The number of nitrogens with zero attached hydrogens (tertiary/aromatic N) is 3. The van der Waals surface area contributed by atoms with Gasteiger partial charge in [0.2, 0.25) is 11.6 Å². The molecule has 1 fully saturated rings. The lowest BCUT2D eigenvalue weighted by Crippen LogP contribution is -3.13. The zero-order valence-electron chi connectivity index (χ0n) is 16.0. The maximum absolute atomic E-state index is 5.84. The largest absolute Gasteiger partial charge is 0.454 e. The highest BCUT2D eigenvalue weighted by atomic mass is 32.1. The van der Waals surface area contributed by atoms with E-state index in [9.17, 15) is 0 Å². The lowest BCUT2D eigenvalue weighted by atomic mass is 10.2. The summed E-state index contributed by atoms with van der Waals surface area (Å²) in [5, 5.41) is 4.90. The Kier molecular flexibility index (Phi) is 5.05. The number of hydrogen-bond donors (Lipinski definition) is 1. The number of morpholine rings is 1. The Morgan fingerprint density at radius 1 is 1.00 bits per heavy atom. The van der Waals surface area contributed by atoms with Crippen molar-refractivity contribution in [2.24, 2.45) is 0 Å². The number of quaternary nitrogens is 1. The Morgan fingerprint density at radius 3 is 2.62 bits per heavy atom. The summed E-state index contributed by atoms with van der Waals surface area (Å²) in [7, 11) is 0. The summed E-state index contributed by atoms with van der Waals surface area (Å²) in [5.41, 5.74) is 2.15. The van der Waals surface area contributed by atoms with Crippen LogP contribution in [0.15, 0.2) is 48.5 Å². The van der Waals surface area contributed by atoms with Crippen molar-refractivity contribution in [3.8, 4) is 22.9 Å². The van der Waals surface area contributed by atoms with Crippen LogP contribution >= 0.6 is 12.2 Å². The Balaban J connectivity index is 1.51. The standard InChI is InChI=1S/C21H22N4O3S/c29-21-24(13-16-6-7-18-19(12-16)28-15-27-18)20(17-4-2-1-3-5-17)22-25(21)14-23-8-10-26-11-9-23/h1-7,12H,8-11,13-15H2/p+1. The molecule has 5 rings (SSSR count). The first-order valence-corrected chi connectivity index (χ1v) is 10.2. The predicted molar refractivity (Wildman–Crippen MR) is 110 cm³/mol. The minimum absolute atomic E-state index is 0.272. The molecule has 0 radical (unpaired) electrons. The van der Waals surface area contributed by atoms with Crippen LogP contribution in [0.3, 0.4) is 0 Å². The monoisotopic (exact) mass is 411 g/mol.